The predicted molar refractivity (Wildman–Crippen MR) is 72.8 cm³/mol. The zero-order valence-corrected chi connectivity index (χ0v) is 11.5. The highest BCUT2D eigenvalue weighted by atomic mass is 16.5. The maximum atomic E-state index is 11.7. The third-order valence-corrected chi connectivity index (χ3v) is 3.64. The van der Waals surface area contributed by atoms with Crippen molar-refractivity contribution in [1.82, 2.24) is 0 Å². The summed E-state index contributed by atoms with van der Waals surface area (Å²) in [6.45, 7) is 5.72. The van der Waals surface area contributed by atoms with Crippen molar-refractivity contribution < 1.29 is 14.3 Å². The number of ether oxygens (including phenoxy) is 1. The van der Waals surface area contributed by atoms with Crippen LogP contribution >= 0.6 is 0 Å². The first kappa shape index (κ1) is 13.6. The monoisotopic (exact) mass is 261 g/mol. The van der Waals surface area contributed by atoms with Crippen LogP contribution in [-0.2, 0) is 14.3 Å². The Morgan fingerprint density at radius 3 is 2.68 bits per heavy atom. The van der Waals surface area contributed by atoms with Crippen LogP contribution in [0.5, 0.6) is 0 Å². The molecule has 1 aromatic rings. The zero-order chi connectivity index (χ0) is 14.0. The van der Waals surface area contributed by atoms with Gasteiger partial charge in [0.2, 0.25) is 0 Å². The number of benzene rings is 1. The number of rotatable bonds is 4. The fraction of sp³-hybridized carbons (Fsp3) is 0.467. The molecule has 0 heterocycles. The Morgan fingerprint density at radius 1 is 1.37 bits per heavy atom. The van der Waals surface area contributed by atoms with Crippen LogP contribution in [0.3, 0.4) is 0 Å². The van der Waals surface area contributed by atoms with Gasteiger partial charge in [-0.15, -0.1) is 0 Å². The molecular formula is C15H19NO3. The molecule has 4 nitrogen and oxygen atoms in total. The summed E-state index contributed by atoms with van der Waals surface area (Å²) in [6.07, 6.45) is 0.872. The predicted octanol–water partition coefficient (Wildman–Crippen LogP) is 2.44. The lowest BCUT2D eigenvalue weighted by atomic mass is 10.1. The van der Waals surface area contributed by atoms with Gasteiger partial charge in [-0.05, 0) is 43.4 Å². The Morgan fingerprint density at radius 2 is 2.05 bits per heavy atom. The summed E-state index contributed by atoms with van der Waals surface area (Å²) < 4.78 is 4.99. The van der Waals surface area contributed by atoms with Gasteiger partial charge in [-0.25, -0.2) is 0 Å². The SMILES string of the molecule is Cc1cccc(NC(=O)COC(=O)[C@@H]2C[C@H]2C)c1C. The van der Waals surface area contributed by atoms with E-state index in [-0.39, 0.29) is 24.4 Å². The first-order chi connectivity index (χ1) is 8.99. The van der Waals surface area contributed by atoms with Gasteiger partial charge in [0, 0.05) is 5.69 Å². The lowest BCUT2D eigenvalue weighted by Gasteiger charge is -2.10. The van der Waals surface area contributed by atoms with Crippen molar-refractivity contribution in [2.24, 2.45) is 11.8 Å². The van der Waals surface area contributed by atoms with Crippen LogP contribution in [0.1, 0.15) is 24.5 Å². The van der Waals surface area contributed by atoms with Crippen molar-refractivity contribution in [3.8, 4) is 0 Å². The summed E-state index contributed by atoms with van der Waals surface area (Å²) in [7, 11) is 0. The molecule has 0 radical (unpaired) electrons. The fourth-order valence-electron chi connectivity index (χ4n) is 1.97. The molecule has 2 rings (SSSR count). The number of aryl methyl sites for hydroxylation is 1. The second-order valence-electron chi connectivity index (χ2n) is 5.22. The summed E-state index contributed by atoms with van der Waals surface area (Å²) in [5.74, 6) is -0.165. The van der Waals surface area contributed by atoms with E-state index in [0.29, 0.717) is 5.92 Å². The van der Waals surface area contributed by atoms with Crippen molar-refractivity contribution in [1.29, 1.82) is 0 Å². The average molecular weight is 261 g/mol. The molecule has 0 unspecified atom stereocenters. The third kappa shape index (κ3) is 3.34. The van der Waals surface area contributed by atoms with Gasteiger partial charge >= 0.3 is 5.97 Å². The van der Waals surface area contributed by atoms with Crippen molar-refractivity contribution in [2.75, 3.05) is 11.9 Å². The van der Waals surface area contributed by atoms with Crippen LogP contribution in [-0.4, -0.2) is 18.5 Å². The first-order valence-corrected chi connectivity index (χ1v) is 6.51. The van der Waals surface area contributed by atoms with Gasteiger partial charge < -0.3 is 10.1 Å². The second kappa shape index (κ2) is 5.43. The van der Waals surface area contributed by atoms with Gasteiger partial charge in [0.1, 0.15) is 0 Å². The van der Waals surface area contributed by atoms with Crippen molar-refractivity contribution in [3.63, 3.8) is 0 Å². The number of carbonyl (C=O) groups is 2. The molecule has 19 heavy (non-hydrogen) atoms. The minimum Gasteiger partial charge on any atom is -0.455 e. The van der Waals surface area contributed by atoms with Crippen LogP contribution in [0.4, 0.5) is 5.69 Å². The summed E-state index contributed by atoms with van der Waals surface area (Å²) in [5, 5.41) is 2.76. The van der Waals surface area contributed by atoms with Crippen LogP contribution < -0.4 is 5.32 Å². The van der Waals surface area contributed by atoms with Crippen molar-refractivity contribution in [3.05, 3.63) is 29.3 Å². The Hall–Kier alpha value is -1.84. The number of nitrogens with one attached hydrogen (secondary N) is 1. The molecule has 1 N–H and O–H groups in total. The fourth-order valence-corrected chi connectivity index (χ4v) is 1.97. The smallest absolute Gasteiger partial charge is 0.309 e. The summed E-state index contributed by atoms with van der Waals surface area (Å²) in [5.41, 5.74) is 2.90. The third-order valence-electron chi connectivity index (χ3n) is 3.64. The van der Waals surface area contributed by atoms with Gasteiger partial charge in [0.25, 0.3) is 5.91 Å². The van der Waals surface area contributed by atoms with E-state index in [2.05, 4.69) is 5.32 Å². The van der Waals surface area contributed by atoms with E-state index >= 15 is 0 Å². The number of hydrogen-bond acceptors (Lipinski definition) is 3. The molecule has 4 heteroatoms. The van der Waals surface area contributed by atoms with Crippen molar-refractivity contribution >= 4 is 17.6 Å². The molecule has 1 aliphatic rings. The van der Waals surface area contributed by atoms with Crippen LogP contribution in [0.15, 0.2) is 18.2 Å². The molecule has 0 spiro atoms. The molecular weight excluding hydrogens is 242 g/mol. The Balaban J connectivity index is 1.84. The maximum absolute atomic E-state index is 11.7. The quantitative estimate of drug-likeness (QED) is 0.847. The molecule has 1 saturated carbocycles. The topological polar surface area (TPSA) is 55.4 Å². The lowest BCUT2D eigenvalue weighted by Crippen LogP contribution is -2.22. The molecule has 1 amide bonds. The minimum absolute atomic E-state index is 0.00601. The van der Waals surface area contributed by atoms with Crippen LogP contribution in [0.2, 0.25) is 0 Å². The number of anilines is 1. The second-order valence-corrected chi connectivity index (χ2v) is 5.22. The Labute approximate surface area is 113 Å². The maximum Gasteiger partial charge on any atom is 0.309 e. The number of hydrogen-bond donors (Lipinski definition) is 1. The zero-order valence-electron chi connectivity index (χ0n) is 11.5. The highest BCUT2D eigenvalue weighted by Crippen LogP contribution is 2.38. The van der Waals surface area contributed by atoms with Gasteiger partial charge in [-0.3, -0.25) is 9.59 Å². The molecule has 1 aliphatic carbocycles. The molecule has 1 fully saturated rings. The number of carbonyl (C=O) groups excluding carboxylic acids is 2. The number of amides is 1. The largest absolute Gasteiger partial charge is 0.455 e. The molecule has 0 aromatic heterocycles. The standard InChI is InChI=1S/C15H19NO3/c1-9-5-4-6-13(11(9)3)16-14(17)8-19-15(18)12-7-10(12)2/h4-6,10,12H,7-8H2,1-3H3,(H,16,17)/t10-,12-/m1/s1. The molecule has 0 saturated heterocycles. The molecule has 0 bridgehead atoms. The van der Waals surface area contributed by atoms with Crippen molar-refractivity contribution in [2.45, 2.75) is 27.2 Å². The van der Waals surface area contributed by atoms with E-state index in [0.717, 1.165) is 23.2 Å². The van der Waals surface area contributed by atoms with E-state index < -0.39 is 0 Å². The highest BCUT2D eigenvalue weighted by molar-refractivity contribution is 5.93. The average Bonchev–Trinajstić information content (AvgIpc) is 3.09. The van der Waals surface area contributed by atoms with E-state index in [9.17, 15) is 9.59 Å². The van der Waals surface area contributed by atoms with Gasteiger partial charge in [-0.1, -0.05) is 19.1 Å². The molecule has 102 valence electrons. The normalized spacial score (nSPS) is 20.8. The van der Waals surface area contributed by atoms with Gasteiger partial charge in [-0.2, -0.15) is 0 Å². The lowest BCUT2D eigenvalue weighted by molar-refractivity contribution is -0.148. The van der Waals surface area contributed by atoms with E-state index in [1.165, 1.54) is 0 Å². The summed E-state index contributed by atoms with van der Waals surface area (Å²) >= 11 is 0. The van der Waals surface area contributed by atoms with Crippen LogP contribution in [0, 0.1) is 25.7 Å². The van der Waals surface area contributed by atoms with Gasteiger partial charge in [0.15, 0.2) is 6.61 Å². The Kier molecular flexibility index (Phi) is 3.88. The number of esters is 1. The Bertz CT molecular complexity index is 510. The van der Waals surface area contributed by atoms with Gasteiger partial charge in [0.05, 0.1) is 5.92 Å². The summed E-state index contributed by atoms with van der Waals surface area (Å²) in [4.78, 5) is 23.2. The minimum atomic E-state index is -0.296. The molecule has 2 atom stereocenters. The first-order valence-electron chi connectivity index (χ1n) is 6.51. The highest BCUT2D eigenvalue weighted by Gasteiger charge is 2.40. The molecule has 0 aliphatic heterocycles. The molecule has 1 aromatic carbocycles. The van der Waals surface area contributed by atoms with E-state index in [1.54, 1.807) is 0 Å². The summed E-state index contributed by atoms with van der Waals surface area (Å²) in [6, 6.07) is 5.71. The van der Waals surface area contributed by atoms with Crippen LogP contribution in [0.25, 0.3) is 0 Å². The van der Waals surface area contributed by atoms with E-state index in [4.69, 9.17) is 4.74 Å². The van der Waals surface area contributed by atoms with E-state index in [1.807, 2.05) is 39.0 Å².